The molecule has 0 aliphatic carbocycles. The summed E-state index contributed by atoms with van der Waals surface area (Å²) < 4.78 is 1.83. The monoisotopic (exact) mass is 221 g/mol. The number of aromatic nitrogens is 5. The predicted molar refractivity (Wildman–Crippen MR) is 60.5 cm³/mol. The molecule has 0 aromatic carbocycles. The molecule has 2 rings (SSSR count). The van der Waals surface area contributed by atoms with Gasteiger partial charge in [0.1, 0.15) is 6.33 Å². The molecule has 0 amide bonds. The fraction of sp³-hybridized carbons (Fsp3) is 0.556. The zero-order chi connectivity index (χ0) is 11.5. The van der Waals surface area contributed by atoms with Crippen LogP contribution in [0.25, 0.3) is 11.2 Å². The highest BCUT2D eigenvalue weighted by Gasteiger charge is 2.15. The minimum absolute atomic E-state index is 0.311. The van der Waals surface area contributed by atoms with Crippen molar-refractivity contribution in [2.24, 2.45) is 5.84 Å². The first-order chi connectivity index (χ1) is 7.81. The first-order valence-corrected chi connectivity index (χ1v) is 5.34. The van der Waals surface area contributed by atoms with Gasteiger partial charge >= 0.3 is 0 Å². The Kier molecular flexibility index (Phi) is 2.95. The standard InChI is InChI=1S/C9H15N7/c1-3-6(4-2)16-9-7(14-15-16)8(13-10)11-5-12-9/h5-6H,3-4,10H2,1-2H3,(H,11,12,13). The molecule has 2 aromatic rings. The summed E-state index contributed by atoms with van der Waals surface area (Å²) in [6, 6.07) is 0.311. The maximum absolute atomic E-state index is 5.35. The van der Waals surface area contributed by atoms with Crippen LogP contribution in [0.3, 0.4) is 0 Å². The van der Waals surface area contributed by atoms with E-state index >= 15 is 0 Å². The van der Waals surface area contributed by atoms with Gasteiger partial charge in [-0.25, -0.2) is 20.5 Å². The van der Waals surface area contributed by atoms with Crippen molar-refractivity contribution in [3.63, 3.8) is 0 Å². The quantitative estimate of drug-likeness (QED) is 0.587. The highest BCUT2D eigenvalue weighted by Crippen LogP contribution is 2.21. The minimum atomic E-state index is 0.311. The summed E-state index contributed by atoms with van der Waals surface area (Å²) in [4.78, 5) is 8.18. The van der Waals surface area contributed by atoms with E-state index in [0.717, 1.165) is 18.5 Å². The zero-order valence-electron chi connectivity index (χ0n) is 9.38. The Balaban J connectivity index is 2.56. The lowest BCUT2D eigenvalue weighted by atomic mass is 10.2. The van der Waals surface area contributed by atoms with E-state index in [0.29, 0.717) is 17.4 Å². The van der Waals surface area contributed by atoms with Gasteiger partial charge in [0.15, 0.2) is 17.0 Å². The van der Waals surface area contributed by atoms with E-state index in [4.69, 9.17) is 5.84 Å². The third-order valence-electron chi connectivity index (χ3n) is 2.69. The molecule has 0 fully saturated rings. The third-order valence-corrected chi connectivity index (χ3v) is 2.69. The van der Waals surface area contributed by atoms with Crippen molar-refractivity contribution in [2.75, 3.05) is 5.43 Å². The number of nitrogens with one attached hydrogen (secondary N) is 1. The van der Waals surface area contributed by atoms with Gasteiger partial charge < -0.3 is 5.43 Å². The lowest BCUT2D eigenvalue weighted by molar-refractivity contribution is 0.427. The lowest BCUT2D eigenvalue weighted by Gasteiger charge is -2.12. The normalized spacial score (nSPS) is 11.2. The number of rotatable bonds is 4. The first kappa shape index (κ1) is 10.7. The fourth-order valence-electron chi connectivity index (χ4n) is 1.75. The van der Waals surface area contributed by atoms with Crippen LogP contribution in [0.15, 0.2) is 6.33 Å². The first-order valence-electron chi connectivity index (χ1n) is 5.34. The van der Waals surface area contributed by atoms with Crippen molar-refractivity contribution in [3.05, 3.63) is 6.33 Å². The molecular weight excluding hydrogens is 206 g/mol. The van der Waals surface area contributed by atoms with E-state index in [9.17, 15) is 0 Å². The Morgan fingerprint density at radius 2 is 2.12 bits per heavy atom. The molecule has 0 saturated carbocycles. The van der Waals surface area contributed by atoms with Gasteiger partial charge in [-0.3, -0.25) is 0 Å². The van der Waals surface area contributed by atoms with Crippen LogP contribution in [0.4, 0.5) is 5.82 Å². The molecule has 0 aliphatic heterocycles. The van der Waals surface area contributed by atoms with Crippen LogP contribution in [0.5, 0.6) is 0 Å². The van der Waals surface area contributed by atoms with Crippen molar-refractivity contribution in [2.45, 2.75) is 32.7 Å². The molecule has 0 radical (unpaired) electrons. The van der Waals surface area contributed by atoms with Crippen LogP contribution in [0.1, 0.15) is 32.7 Å². The van der Waals surface area contributed by atoms with E-state index in [1.165, 1.54) is 6.33 Å². The van der Waals surface area contributed by atoms with E-state index in [1.54, 1.807) is 0 Å². The van der Waals surface area contributed by atoms with E-state index < -0.39 is 0 Å². The number of nitrogens with two attached hydrogens (primary N) is 1. The molecule has 2 aromatic heterocycles. The smallest absolute Gasteiger partial charge is 0.184 e. The Labute approximate surface area is 93.0 Å². The number of anilines is 1. The Morgan fingerprint density at radius 1 is 1.38 bits per heavy atom. The number of nitrogens with zero attached hydrogens (tertiary/aromatic N) is 5. The molecule has 0 aliphatic rings. The Bertz CT molecular complexity index is 474. The lowest BCUT2D eigenvalue weighted by Crippen LogP contribution is -2.11. The second-order valence-electron chi connectivity index (χ2n) is 3.54. The van der Waals surface area contributed by atoms with Crippen LogP contribution in [-0.4, -0.2) is 25.0 Å². The number of fused-ring (bicyclic) bond motifs is 1. The van der Waals surface area contributed by atoms with Crippen molar-refractivity contribution in [3.8, 4) is 0 Å². The van der Waals surface area contributed by atoms with E-state index in [1.807, 2.05) is 4.68 Å². The molecule has 0 spiro atoms. The highest BCUT2D eigenvalue weighted by atomic mass is 15.5. The number of hydrogen-bond donors (Lipinski definition) is 2. The highest BCUT2D eigenvalue weighted by molar-refractivity contribution is 5.81. The molecule has 3 N–H and O–H groups in total. The van der Waals surface area contributed by atoms with Crippen molar-refractivity contribution < 1.29 is 0 Å². The molecule has 2 heterocycles. The van der Waals surface area contributed by atoms with Gasteiger partial charge in [-0.1, -0.05) is 19.1 Å². The fourth-order valence-corrected chi connectivity index (χ4v) is 1.75. The molecule has 0 atom stereocenters. The average molecular weight is 221 g/mol. The number of hydrazine groups is 1. The summed E-state index contributed by atoms with van der Waals surface area (Å²) >= 11 is 0. The topological polar surface area (TPSA) is 94.5 Å². The summed E-state index contributed by atoms with van der Waals surface area (Å²) in [7, 11) is 0. The summed E-state index contributed by atoms with van der Waals surface area (Å²) in [5.41, 5.74) is 3.82. The van der Waals surface area contributed by atoms with Crippen LogP contribution < -0.4 is 11.3 Å². The molecule has 0 unspecified atom stereocenters. The second kappa shape index (κ2) is 4.40. The van der Waals surface area contributed by atoms with Gasteiger partial charge in [0.25, 0.3) is 0 Å². The maximum atomic E-state index is 5.35. The van der Waals surface area contributed by atoms with Crippen LogP contribution in [0, 0.1) is 0 Å². The van der Waals surface area contributed by atoms with Gasteiger partial charge in [-0.2, -0.15) is 0 Å². The zero-order valence-corrected chi connectivity index (χ0v) is 9.38. The summed E-state index contributed by atoms with van der Waals surface area (Å²) in [5.74, 6) is 5.85. The minimum Gasteiger partial charge on any atom is -0.306 e. The van der Waals surface area contributed by atoms with Crippen LogP contribution >= 0.6 is 0 Å². The van der Waals surface area contributed by atoms with Crippen molar-refractivity contribution in [1.29, 1.82) is 0 Å². The molecule has 0 bridgehead atoms. The summed E-state index contributed by atoms with van der Waals surface area (Å²) in [6.07, 6.45) is 3.44. The van der Waals surface area contributed by atoms with Gasteiger partial charge in [-0.15, -0.1) is 5.10 Å². The SMILES string of the molecule is CCC(CC)n1nnc2c(NN)ncnc21. The molecule has 7 heteroatoms. The summed E-state index contributed by atoms with van der Waals surface area (Å²) in [6.45, 7) is 4.23. The Morgan fingerprint density at radius 3 is 2.75 bits per heavy atom. The van der Waals surface area contributed by atoms with Gasteiger partial charge in [0.05, 0.1) is 6.04 Å². The van der Waals surface area contributed by atoms with Crippen LogP contribution in [-0.2, 0) is 0 Å². The van der Waals surface area contributed by atoms with Gasteiger partial charge in [0, 0.05) is 0 Å². The molecule has 16 heavy (non-hydrogen) atoms. The van der Waals surface area contributed by atoms with Gasteiger partial charge in [-0.05, 0) is 12.8 Å². The van der Waals surface area contributed by atoms with Crippen LogP contribution in [0.2, 0.25) is 0 Å². The summed E-state index contributed by atoms with van der Waals surface area (Å²) in [5, 5.41) is 8.17. The third kappa shape index (κ3) is 1.58. The van der Waals surface area contributed by atoms with E-state index in [2.05, 4.69) is 39.6 Å². The second-order valence-corrected chi connectivity index (χ2v) is 3.54. The molecule has 0 saturated heterocycles. The molecule has 86 valence electrons. The number of hydrogen-bond acceptors (Lipinski definition) is 6. The van der Waals surface area contributed by atoms with Crippen molar-refractivity contribution in [1.82, 2.24) is 25.0 Å². The van der Waals surface area contributed by atoms with E-state index in [-0.39, 0.29) is 0 Å². The average Bonchev–Trinajstić information content (AvgIpc) is 2.75. The Hall–Kier alpha value is -1.76. The molecular formula is C9H15N7. The molecule has 7 nitrogen and oxygen atoms in total. The number of nitrogen functional groups attached to an aromatic ring is 1. The largest absolute Gasteiger partial charge is 0.306 e. The predicted octanol–water partition coefficient (Wildman–Crippen LogP) is 0.868. The van der Waals surface area contributed by atoms with Gasteiger partial charge in [0.2, 0.25) is 0 Å². The maximum Gasteiger partial charge on any atom is 0.184 e. The van der Waals surface area contributed by atoms with Crippen molar-refractivity contribution >= 4 is 17.0 Å².